The maximum absolute atomic E-state index is 12.0. The summed E-state index contributed by atoms with van der Waals surface area (Å²) in [5.41, 5.74) is 2.40. The molecule has 0 bridgehead atoms. The van der Waals surface area contributed by atoms with Crippen LogP contribution in [0, 0.1) is 6.92 Å². The number of anilines is 2. The van der Waals surface area contributed by atoms with Crippen molar-refractivity contribution in [3.8, 4) is 5.75 Å². The fourth-order valence-corrected chi connectivity index (χ4v) is 2.17. The van der Waals surface area contributed by atoms with Crippen molar-refractivity contribution in [3.63, 3.8) is 0 Å². The van der Waals surface area contributed by atoms with Gasteiger partial charge in [-0.25, -0.2) is 4.79 Å². The molecule has 0 atom stereocenters. The van der Waals surface area contributed by atoms with Crippen molar-refractivity contribution >= 4 is 33.3 Å². The summed E-state index contributed by atoms with van der Waals surface area (Å²) in [5.74, 6) is 0.625. The fraction of sp³-hybridized carbons (Fsp3) is 0.133. The third-order valence-corrected chi connectivity index (χ3v) is 3.18. The summed E-state index contributed by atoms with van der Waals surface area (Å²) >= 11 is 3.36. The third kappa shape index (κ3) is 3.74. The van der Waals surface area contributed by atoms with E-state index in [9.17, 15) is 4.79 Å². The molecule has 20 heavy (non-hydrogen) atoms. The Morgan fingerprint density at radius 2 is 1.95 bits per heavy atom. The average molecular weight is 335 g/mol. The Labute approximate surface area is 126 Å². The molecule has 0 aromatic heterocycles. The first kappa shape index (κ1) is 14.4. The highest BCUT2D eigenvalue weighted by Gasteiger charge is 2.08. The van der Waals surface area contributed by atoms with Crippen LogP contribution in [0.25, 0.3) is 0 Å². The molecule has 0 aliphatic rings. The molecule has 0 radical (unpaired) electrons. The SMILES string of the molecule is COc1ccc(C)cc1NC(=O)Nc1cccc(Br)c1. The van der Waals surface area contributed by atoms with E-state index in [-0.39, 0.29) is 6.03 Å². The zero-order valence-electron chi connectivity index (χ0n) is 11.2. The number of hydrogen-bond acceptors (Lipinski definition) is 2. The number of ether oxygens (including phenoxy) is 1. The molecule has 4 nitrogen and oxygen atoms in total. The maximum atomic E-state index is 12.0. The van der Waals surface area contributed by atoms with Gasteiger partial charge in [-0.3, -0.25) is 0 Å². The Balaban J connectivity index is 2.10. The summed E-state index contributed by atoms with van der Waals surface area (Å²) in [6.45, 7) is 1.96. The highest BCUT2D eigenvalue weighted by Crippen LogP contribution is 2.25. The van der Waals surface area contributed by atoms with Crippen LogP contribution in [0.4, 0.5) is 16.2 Å². The number of halogens is 1. The molecule has 2 aromatic rings. The number of benzene rings is 2. The summed E-state index contributed by atoms with van der Waals surface area (Å²) in [4.78, 5) is 12.0. The number of carbonyl (C=O) groups is 1. The first-order chi connectivity index (χ1) is 9.58. The zero-order valence-corrected chi connectivity index (χ0v) is 12.8. The first-order valence-electron chi connectivity index (χ1n) is 6.06. The second-order valence-corrected chi connectivity index (χ2v) is 5.21. The lowest BCUT2D eigenvalue weighted by Gasteiger charge is -2.12. The van der Waals surface area contributed by atoms with Crippen molar-refractivity contribution in [2.75, 3.05) is 17.7 Å². The molecular formula is C15H15BrN2O2. The normalized spacial score (nSPS) is 9.95. The average Bonchev–Trinajstić information content (AvgIpc) is 2.38. The Bertz CT molecular complexity index is 629. The summed E-state index contributed by atoms with van der Waals surface area (Å²) in [7, 11) is 1.57. The molecular weight excluding hydrogens is 320 g/mol. The van der Waals surface area contributed by atoms with Crippen LogP contribution < -0.4 is 15.4 Å². The summed E-state index contributed by atoms with van der Waals surface area (Å²) < 4.78 is 6.13. The van der Waals surface area contributed by atoms with Gasteiger partial charge in [0.15, 0.2) is 0 Å². The second-order valence-electron chi connectivity index (χ2n) is 4.29. The zero-order chi connectivity index (χ0) is 14.5. The molecule has 0 unspecified atom stereocenters. The van der Waals surface area contributed by atoms with Crippen molar-refractivity contribution < 1.29 is 9.53 Å². The molecule has 0 fully saturated rings. The minimum absolute atomic E-state index is 0.313. The highest BCUT2D eigenvalue weighted by molar-refractivity contribution is 9.10. The predicted octanol–water partition coefficient (Wildman–Crippen LogP) is 4.41. The lowest BCUT2D eigenvalue weighted by molar-refractivity contribution is 0.262. The molecule has 0 saturated carbocycles. The minimum atomic E-state index is -0.313. The van der Waals surface area contributed by atoms with Crippen molar-refractivity contribution in [2.45, 2.75) is 6.92 Å². The van der Waals surface area contributed by atoms with Gasteiger partial charge in [-0.1, -0.05) is 28.1 Å². The third-order valence-electron chi connectivity index (χ3n) is 2.69. The van der Waals surface area contributed by atoms with E-state index in [4.69, 9.17) is 4.74 Å². The van der Waals surface area contributed by atoms with Crippen molar-refractivity contribution in [1.29, 1.82) is 0 Å². The van der Waals surface area contributed by atoms with Gasteiger partial charge in [0.25, 0.3) is 0 Å². The molecule has 104 valence electrons. The van der Waals surface area contributed by atoms with Crippen LogP contribution in [-0.4, -0.2) is 13.1 Å². The highest BCUT2D eigenvalue weighted by atomic mass is 79.9. The molecule has 0 heterocycles. The Hall–Kier alpha value is -2.01. The van der Waals surface area contributed by atoms with E-state index in [1.807, 2.05) is 49.4 Å². The molecule has 2 rings (SSSR count). The smallest absolute Gasteiger partial charge is 0.323 e. The van der Waals surface area contributed by atoms with Crippen molar-refractivity contribution in [1.82, 2.24) is 0 Å². The quantitative estimate of drug-likeness (QED) is 0.873. The van der Waals surface area contributed by atoms with Crippen LogP contribution in [0.2, 0.25) is 0 Å². The molecule has 0 aliphatic carbocycles. The van der Waals surface area contributed by atoms with E-state index in [2.05, 4.69) is 26.6 Å². The number of carbonyl (C=O) groups excluding carboxylic acids is 1. The standard InChI is InChI=1S/C15H15BrN2O2/c1-10-6-7-14(20-2)13(8-10)18-15(19)17-12-5-3-4-11(16)9-12/h3-9H,1-2H3,(H2,17,18,19). The van der Waals surface area contributed by atoms with E-state index >= 15 is 0 Å². The molecule has 2 amide bonds. The predicted molar refractivity (Wildman–Crippen MR) is 84.5 cm³/mol. The molecule has 5 heteroatoms. The lowest BCUT2D eigenvalue weighted by Crippen LogP contribution is -2.19. The van der Waals surface area contributed by atoms with Gasteiger partial charge in [0, 0.05) is 10.2 Å². The number of aryl methyl sites for hydroxylation is 1. The summed E-state index contributed by atoms with van der Waals surface area (Å²) in [6.07, 6.45) is 0. The summed E-state index contributed by atoms with van der Waals surface area (Å²) in [5, 5.41) is 5.55. The molecule has 0 aliphatic heterocycles. The van der Waals surface area contributed by atoms with E-state index < -0.39 is 0 Å². The lowest BCUT2D eigenvalue weighted by atomic mass is 10.2. The van der Waals surface area contributed by atoms with Gasteiger partial charge < -0.3 is 15.4 Å². The molecule has 2 aromatic carbocycles. The Kier molecular flexibility index (Phi) is 4.63. The largest absolute Gasteiger partial charge is 0.495 e. The number of nitrogens with one attached hydrogen (secondary N) is 2. The van der Waals surface area contributed by atoms with Crippen molar-refractivity contribution in [2.24, 2.45) is 0 Å². The molecule has 2 N–H and O–H groups in total. The Morgan fingerprint density at radius 3 is 2.65 bits per heavy atom. The fourth-order valence-electron chi connectivity index (χ4n) is 1.77. The van der Waals surface area contributed by atoms with Gasteiger partial charge in [-0.05, 0) is 42.8 Å². The summed E-state index contributed by atoms with van der Waals surface area (Å²) in [6, 6.07) is 12.7. The van der Waals surface area contributed by atoms with Gasteiger partial charge in [-0.15, -0.1) is 0 Å². The number of amides is 2. The van der Waals surface area contributed by atoms with Crippen LogP contribution in [-0.2, 0) is 0 Å². The van der Waals surface area contributed by atoms with Crippen molar-refractivity contribution in [3.05, 3.63) is 52.5 Å². The van der Waals surface area contributed by atoms with Gasteiger partial charge in [0.2, 0.25) is 0 Å². The van der Waals surface area contributed by atoms with Gasteiger partial charge in [-0.2, -0.15) is 0 Å². The Morgan fingerprint density at radius 1 is 1.15 bits per heavy atom. The van der Waals surface area contributed by atoms with Gasteiger partial charge in [0.1, 0.15) is 5.75 Å². The number of methoxy groups -OCH3 is 1. The first-order valence-corrected chi connectivity index (χ1v) is 6.86. The van der Waals surface area contributed by atoms with E-state index in [0.717, 1.165) is 10.0 Å². The van der Waals surface area contributed by atoms with Crippen LogP contribution in [0.3, 0.4) is 0 Å². The van der Waals surface area contributed by atoms with Gasteiger partial charge in [0.05, 0.1) is 12.8 Å². The topological polar surface area (TPSA) is 50.4 Å². The second kappa shape index (κ2) is 6.43. The molecule has 0 saturated heterocycles. The maximum Gasteiger partial charge on any atom is 0.323 e. The number of urea groups is 1. The van der Waals surface area contributed by atoms with E-state index in [1.165, 1.54) is 0 Å². The van der Waals surface area contributed by atoms with Crippen LogP contribution in [0.5, 0.6) is 5.75 Å². The van der Waals surface area contributed by atoms with Crippen LogP contribution >= 0.6 is 15.9 Å². The monoisotopic (exact) mass is 334 g/mol. The number of hydrogen-bond donors (Lipinski definition) is 2. The number of rotatable bonds is 3. The van der Waals surface area contributed by atoms with E-state index in [0.29, 0.717) is 17.1 Å². The van der Waals surface area contributed by atoms with Crippen LogP contribution in [0.1, 0.15) is 5.56 Å². The molecule has 0 spiro atoms. The van der Waals surface area contributed by atoms with E-state index in [1.54, 1.807) is 7.11 Å². The van der Waals surface area contributed by atoms with Crippen LogP contribution in [0.15, 0.2) is 46.9 Å². The van der Waals surface area contributed by atoms with Gasteiger partial charge >= 0.3 is 6.03 Å². The minimum Gasteiger partial charge on any atom is -0.495 e.